The van der Waals surface area contributed by atoms with Gasteiger partial charge in [0, 0.05) is 17.9 Å². The van der Waals surface area contributed by atoms with Gasteiger partial charge in [0.1, 0.15) is 0 Å². The number of hydrogen-bond donors (Lipinski definition) is 0. The van der Waals surface area contributed by atoms with Gasteiger partial charge in [-0.15, -0.1) is 0 Å². The fourth-order valence-corrected chi connectivity index (χ4v) is 0.673. The molecule has 0 aromatic heterocycles. The van der Waals surface area contributed by atoms with Gasteiger partial charge < -0.3 is 47.2 Å². The van der Waals surface area contributed by atoms with Gasteiger partial charge in [-0.25, -0.2) is 0 Å². The van der Waals surface area contributed by atoms with Crippen LogP contribution in [0.1, 0.15) is 12.8 Å². The molecule has 9 heteroatoms. The maximum atomic E-state index is 10.9. The molecule has 0 spiro atoms. The van der Waals surface area contributed by atoms with Crippen LogP contribution in [0.25, 0.3) is 0 Å². The van der Waals surface area contributed by atoms with Gasteiger partial charge in [0.05, 0.1) is 0 Å². The number of carboxylic acid groups (broad SMARTS) is 3. The molecule has 0 aromatic rings. The Bertz CT molecular complexity index is 238. The largest absolute Gasteiger partial charge is 3.00 e. The maximum Gasteiger partial charge on any atom is 3.00 e. The van der Waals surface area contributed by atoms with Gasteiger partial charge in [0.2, 0.25) is 0 Å². The first-order chi connectivity index (χ1) is 5.78. The van der Waals surface area contributed by atoms with Crippen molar-refractivity contribution in [2.75, 3.05) is 0 Å². The van der Waals surface area contributed by atoms with Crippen molar-refractivity contribution in [3.05, 3.63) is 0 Å². The molecule has 0 bridgehead atoms. The smallest absolute Gasteiger partial charge is 1.00 e. The average molecular weight is 364 g/mol. The molecule has 7 nitrogen and oxygen atoms in total. The minimum atomic E-state index is -3.22. The first-order valence-corrected chi connectivity index (χ1v) is 3.09. The molecule has 0 aliphatic carbocycles. The Morgan fingerprint density at radius 2 is 1.20 bits per heavy atom. The number of carbonyl (C=O) groups is 3. The molecular weight excluding hydrogens is 360 g/mol. The minimum absolute atomic E-state index is 0. The molecule has 0 aromatic carbocycles. The molecular formula is C6H4ClO7Pr-2. The third-order valence-electron chi connectivity index (χ3n) is 1.23. The van der Waals surface area contributed by atoms with Crippen LogP contribution in [-0.2, 0) is 14.4 Å². The molecule has 0 saturated heterocycles. The zero-order chi connectivity index (χ0) is 10.6. The molecule has 0 rings (SSSR count). The zero-order valence-electron chi connectivity index (χ0n) is 7.23. The zero-order valence-corrected chi connectivity index (χ0v) is 11.7. The number of carbonyl (C=O) groups excluding carboxylic acids is 3. The number of rotatable bonds is 5. The van der Waals surface area contributed by atoms with Crippen molar-refractivity contribution in [2.45, 2.75) is 18.4 Å². The Balaban J connectivity index is -0.000000720. The molecule has 0 saturated carbocycles. The van der Waals surface area contributed by atoms with Gasteiger partial charge in [0.25, 0.3) is 0 Å². The standard InChI is InChI=1S/C6H7O7.ClH.Pr/c7-3(8)1-6(13,5(11)12)2-4(9)10;;/h1-2H2,(H,7,8)(H,9,10)(H,11,12);1H;/q-1;;+3/p-4. The van der Waals surface area contributed by atoms with Crippen molar-refractivity contribution < 1.29 is 88.5 Å². The van der Waals surface area contributed by atoms with Crippen LogP contribution in [-0.4, -0.2) is 23.5 Å². The van der Waals surface area contributed by atoms with Crippen molar-refractivity contribution in [1.29, 1.82) is 0 Å². The van der Waals surface area contributed by atoms with Crippen molar-refractivity contribution in [3.63, 3.8) is 0 Å². The van der Waals surface area contributed by atoms with Crippen molar-refractivity contribution >= 4 is 17.9 Å². The summed E-state index contributed by atoms with van der Waals surface area (Å²) in [5.41, 5.74) is -3.22. The summed E-state index contributed by atoms with van der Waals surface area (Å²) in [5.74, 6) is -6.22. The van der Waals surface area contributed by atoms with Crippen LogP contribution in [0.3, 0.4) is 0 Å². The van der Waals surface area contributed by atoms with Gasteiger partial charge >= 0.3 is 41.3 Å². The molecule has 82 valence electrons. The van der Waals surface area contributed by atoms with E-state index in [1.54, 1.807) is 0 Å². The fourth-order valence-electron chi connectivity index (χ4n) is 0.673. The topological polar surface area (TPSA) is 143 Å². The second-order valence-electron chi connectivity index (χ2n) is 2.38. The van der Waals surface area contributed by atoms with Gasteiger partial charge in [-0.3, -0.25) is 0 Å². The molecule has 0 amide bonds. The number of carboxylic acids is 3. The third-order valence-corrected chi connectivity index (χ3v) is 1.23. The minimum Gasteiger partial charge on any atom is -1.00 e. The van der Waals surface area contributed by atoms with E-state index in [0.717, 1.165) is 0 Å². The Morgan fingerprint density at radius 1 is 0.933 bits per heavy atom. The van der Waals surface area contributed by atoms with Crippen molar-refractivity contribution in [2.24, 2.45) is 0 Å². The normalized spacial score (nSPS) is 9.40. The van der Waals surface area contributed by atoms with Gasteiger partial charge in [-0.05, 0) is 12.8 Å². The van der Waals surface area contributed by atoms with Gasteiger partial charge in [-0.1, -0.05) is 5.60 Å². The van der Waals surface area contributed by atoms with Crippen LogP contribution >= 0.6 is 0 Å². The molecule has 15 heavy (non-hydrogen) atoms. The van der Waals surface area contributed by atoms with E-state index < -0.39 is 36.4 Å². The number of halogens is 1. The fraction of sp³-hybridized carbons (Fsp3) is 0.500. The summed E-state index contributed by atoms with van der Waals surface area (Å²) < 4.78 is 0. The molecule has 0 aliphatic heterocycles. The second kappa shape index (κ2) is 8.21. The van der Waals surface area contributed by atoms with E-state index in [4.69, 9.17) is 0 Å². The van der Waals surface area contributed by atoms with E-state index in [0.29, 0.717) is 0 Å². The molecule has 0 fully saturated rings. The summed E-state index contributed by atoms with van der Waals surface area (Å²) in [7, 11) is 0. The van der Waals surface area contributed by atoms with E-state index in [-0.39, 0.29) is 53.7 Å². The van der Waals surface area contributed by atoms with Crippen LogP contribution in [0.2, 0.25) is 0 Å². The Kier molecular flexibility index (Phi) is 11.2. The van der Waals surface area contributed by atoms with Crippen LogP contribution < -0.4 is 32.8 Å². The molecule has 0 atom stereocenters. The maximum absolute atomic E-state index is 10.9. The summed E-state index contributed by atoms with van der Waals surface area (Å²) >= 11 is 0. The van der Waals surface area contributed by atoms with Crippen LogP contribution in [0.5, 0.6) is 0 Å². The SMILES string of the molecule is O=C([O-])CC([O-])(CC(=O)[O-])C(=O)[O-].[Cl-].[Pr+3]. The monoisotopic (exact) mass is 364 g/mol. The predicted octanol–water partition coefficient (Wildman–Crippen LogP) is -8.88. The van der Waals surface area contributed by atoms with E-state index >= 15 is 0 Å². The summed E-state index contributed by atoms with van der Waals surface area (Å²) in [6.45, 7) is 0. The quantitative estimate of drug-likeness (QED) is 0.471. The first-order valence-electron chi connectivity index (χ1n) is 3.09. The third kappa shape index (κ3) is 7.90. The van der Waals surface area contributed by atoms with Crippen LogP contribution in [0.4, 0.5) is 0 Å². The second-order valence-corrected chi connectivity index (χ2v) is 2.38. The van der Waals surface area contributed by atoms with Crippen LogP contribution in [0.15, 0.2) is 0 Å². The van der Waals surface area contributed by atoms with E-state index in [9.17, 15) is 34.8 Å². The van der Waals surface area contributed by atoms with Gasteiger partial charge in [0.15, 0.2) is 0 Å². The molecule has 0 radical (unpaired) electrons. The Hall–Kier alpha value is 0.0236. The summed E-state index contributed by atoms with van der Waals surface area (Å²) in [6, 6.07) is 0. The Labute approximate surface area is 124 Å². The number of hydrogen-bond acceptors (Lipinski definition) is 7. The summed E-state index contributed by atoms with van der Waals surface area (Å²) in [4.78, 5) is 29.9. The molecule has 0 aliphatic rings. The summed E-state index contributed by atoms with van der Waals surface area (Å²) in [5, 5.41) is 40.8. The summed E-state index contributed by atoms with van der Waals surface area (Å²) in [6.07, 6.45) is -2.94. The van der Waals surface area contributed by atoms with Gasteiger partial charge in [-0.2, -0.15) is 0 Å². The van der Waals surface area contributed by atoms with E-state index in [2.05, 4.69) is 0 Å². The van der Waals surface area contributed by atoms with Crippen LogP contribution in [0, 0.1) is 41.3 Å². The van der Waals surface area contributed by atoms with Crippen molar-refractivity contribution in [1.82, 2.24) is 0 Å². The van der Waals surface area contributed by atoms with E-state index in [1.165, 1.54) is 0 Å². The number of aliphatic carboxylic acids is 3. The molecule has 0 unspecified atom stereocenters. The van der Waals surface area contributed by atoms with E-state index in [1.807, 2.05) is 0 Å². The predicted molar refractivity (Wildman–Crippen MR) is 27.0 cm³/mol. The first kappa shape index (κ1) is 20.4. The molecule has 0 N–H and O–H groups in total. The molecule has 0 heterocycles. The van der Waals surface area contributed by atoms with Crippen molar-refractivity contribution in [3.8, 4) is 0 Å². The average Bonchev–Trinajstić information content (AvgIpc) is 1.82. The Morgan fingerprint density at radius 3 is 1.33 bits per heavy atom.